The molecule has 140 valence electrons. The Labute approximate surface area is 158 Å². The molecule has 0 radical (unpaired) electrons. The summed E-state index contributed by atoms with van der Waals surface area (Å²) < 4.78 is 5.89. The van der Waals surface area contributed by atoms with Crippen LogP contribution in [0.5, 0.6) is 0 Å². The van der Waals surface area contributed by atoms with E-state index in [1.807, 2.05) is 32.0 Å². The van der Waals surface area contributed by atoms with E-state index in [-0.39, 0.29) is 23.9 Å². The van der Waals surface area contributed by atoms with Crippen LogP contribution in [0.4, 0.5) is 5.82 Å². The van der Waals surface area contributed by atoms with Gasteiger partial charge in [0, 0.05) is 25.9 Å². The van der Waals surface area contributed by atoms with E-state index in [1.54, 1.807) is 6.20 Å². The molecule has 3 rings (SSSR count). The largest absolute Gasteiger partial charge is 0.375 e. The third-order valence-electron chi connectivity index (χ3n) is 4.53. The molecule has 7 nitrogen and oxygen atoms in total. The maximum atomic E-state index is 12.6. The van der Waals surface area contributed by atoms with Crippen LogP contribution in [0.1, 0.15) is 36.6 Å². The first-order valence-electron chi connectivity index (χ1n) is 8.95. The molecule has 0 saturated carbocycles. The van der Waals surface area contributed by atoms with Crippen LogP contribution in [0.3, 0.4) is 0 Å². The third-order valence-corrected chi connectivity index (χ3v) is 4.84. The first kappa shape index (κ1) is 18.7. The zero-order chi connectivity index (χ0) is 18.5. The van der Waals surface area contributed by atoms with Crippen LogP contribution in [0.25, 0.3) is 0 Å². The second kappa shape index (κ2) is 8.51. The number of carbonyl (C=O) groups excluding carboxylic acids is 1. The van der Waals surface area contributed by atoms with Gasteiger partial charge < -0.3 is 19.9 Å². The van der Waals surface area contributed by atoms with Gasteiger partial charge in [0.15, 0.2) is 11.0 Å². The highest BCUT2D eigenvalue weighted by molar-refractivity contribution is 6.30. The lowest BCUT2D eigenvalue weighted by atomic mass is 10.0. The molecule has 1 fully saturated rings. The van der Waals surface area contributed by atoms with Gasteiger partial charge in [-0.15, -0.1) is 0 Å². The van der Waals surface area contributed by atoms with Gasteiger partial charge in [-0.25, -0.2) is 9.97 Å². The van der Waals surface area contributed by atoms with Gasteiger partial charge in [-0.3, -0.25) is 4.79 Å². The Hall–Kier alpha value is -2.12. The fourth-order valence-electron chi connectivity index (χ4n) is 3.18. The number of H-pyrrole nitrogens is 1. The first-order chi connectivity index (χ1) is 12.6. The summed E-state index contributed by atoms with van der Waals surface area (Å²) in [5, 5.41) is 3.39. The lowest BCUT2D eigenvalue weighted by Gasteiger charge is -2.39. The van der Waals surface area contributed by atoms with Gasteiger partial charge in [-0.2, -0.15) is 0 Å². The summed E-state index contributed by atoms with van der Waals surface area (Å²) in [6, 6.07) is 5.77. The summed E-state index contributed by atoms with van der Waals surface area (Å²) >= 11 is 6.04. The number of piperidine rings is 1. The highest BCUT2D eigenvalue weighted by Gasteiger charge is 2.32. The Kier molecular flexibility index (Phi) is 6.11. The average Bonchev–Trinajstić information content (AvgIpc) is 3.05. The average molecular weight is 378 g/mol. The second-order valence-electron chi connectivity index (χ2n) is 6.20. The van der Waals surface area contributed by atoms with Crippen molar-refractivity contribution in [2.45, 2.75) is 38.8 Å². The zero-order valence-corrected chi connectivity index (χ0v) is 15.8. The highest BCUT2D eigenvalue weighted by Crippen LogP contribution is 2.20. The molecule has 0 spiro atoms. The monoisotopic (exact) mass is 377 g/mol. The van der Waals surface area contributed by atoms with Gasteiger partial charge in [-0.1, -0.05) is 24.6 Å². The molecule has 2 atom stereocenters. The summed E-state index contributed by atoms with van der Waals surface area (Å²) in [5.41, 5.74) is 0.767. The lowest BCUT2D eigenvalue weighted by Crippen LogP contribution is -2.55. The molecule has 8 heteroatoms. The number of amides is 1. The molecule has 2 unspecified atom stereocenters. The molecule has 26 heavy (non-hydrogen) atoms. The minimum Gasteiger partial charge on any atom is -0.375 e. The lowest BCUT2D eigenvalue weighted by molar-refractivity contribution is 0.0270. The summed E-state index contributed by atoms with van der Waals surface area (Å²) in [6.07, 6.45) is 3.13. The van der Waals surface area contributed by atoms with Crippen molar-refractivity contribution in [3.63, 3.8) is 0 Å². The minimum absolute atomic E-state index is 0.0867. The predicted molar refractivity (Wildman–Crippen MR) is 101 cm³/mol. The molecular weight excluding hydrogens is 354 g/mol. The molecule has 2 N–H and O–H groups in total. The maximum absolute atomic E-state index is 12.6. The predicted octanol–water partition coefficient (Wildman–Crippen LogP) is 2.43. The number of ether oxygens (including phenoxy) is 1. The van der Waals surface area contributed by atoms with Crippen LogP contribution in [0, 0.1) is 0 Å². The van der Waals surface area contributed by atoms with Gasteiger partial charge in [0.2, 0.25) is 0 Å². The van der Waals surface area contributed by atoms with E-state index >= 15 is 0 Å². The fourth-order valence-corrected chi connectivity index (χ4v) is 3.45. The Balaban J connectivity index is 1.67. The highest BCUT2D eigenvalue weighted by atomic mass is 35.5. The number of pyridine rings is 1. The Bertz CT molecular complexity index is 736. The van der Waals surface area contributed by atoms with Crippen LogP contribution in [0.2, 0.25) is 5.15 Å². The third kappa shape index (κ3) is 4.16. The van der Waals surface area contributed by atoms with Crippen molar-refractivity contribution in [1.82, 2.24) is 20.3 Å². The van der Waals surface area contributed by atoms with E-state index in [0.29, 0.717) is 24.7 Å². The van der Waals surface area contributed by atoms with Crippen LogP contribution >= 0.6 is 11.6 Å². The van der Waals surface area contributed by atoms with Gasteiger partial charge in [0.25, 0.3) is 5.91 Å². The van der Waals surface area contributed by atoms with Crippen molar-refractivity contribution in [3.05, 3.63) is 41.1 Å². The quantitative estimate of drug-likeness (QED) is 0.807. The van der Waals surface area contributed by atoms with Gasteiger partial charge in [-0.05, 0) is 31.9 Å². The normalized spacial score (nSPS) is 20.2. The van der Waals surface area contributed by atoms with E-state index in [2.05, 4.69) is 25.2 Å². The number of aromatic amines is 1. The molecule has 1 amide bonds. The molecule has 2 aromatic rings. The van der Waals surface area contributed by atoms with E-state index in [4.69, 9.17) is 16.3 Å². The molecular formula is C18H24ClN5O2. The van der Waals surface area contributed by atoms with Crippen LogP contribution in [0.15, 0.2) is 24.4 Å². The number of carbonyl (C=O) groups is 1. The topological polar surface area (TPSA) is 83.1 Å². The van der Waals surface area contributed by atoms with Crippen molar-refractivity contribution in [3.8, 4) is 0 Å². The van der Waals surface area contributed by atoms with Crippen molar-refractivity contribution in [2.24, 2.45) is 0 Å². The summed E-state index contributed by atoms with van der Waals surface area (Å²) in [7, 11) is 0. The number of aromatic nitrogens is 3. The number of hydrogen-bond donors (Lipinski definition) is 2. The van der Waals surface area contributed by atoms with E-state index in [1.165, 1.54) is 0 Å². The van der Waals surface area contributed by atoms with Crippen LogP contribution < -0.4 is 10.2 Å². The van der Waals surface area contributed by atoms with Crippen LogP contribution in [-0.2, 0) is 11.2 Å². The SMILES string of the molecule is CCOC1CN(c2ccccn2)CCC1NC(=O)c1nc(Cl)c(CC)[nH]1. The van der Waals surface area contributed by atoms with Gasteiger partial charge >= 0.3 is 0 Å². The molecule has 3 heterocycles. The fraction of sp³-hybridized carbons (Fsp3) is 0.500. The summed E-state index contributed by atoms with van der Waals surface area (Å²) in [4.78, 5) is 26.2. The molecule has 0 aliphatic carbocycles. The smallest absolute Gasteiger partial charge is 0.287 e. The molecule has 1 saturated heterocycles. The van der Waals surface area contributed by atoms with Crippen molar-refractivity contribution >= 4 is 23.3 Å². The Morgan fingerprint density at radius 2 is 2.31 bits per heavy atom. The number of anilines is 1. The number of hydrogen-bond acceptors (Lipinski definition) is 5. The van der Waals surface area contributed by atoms with Crippen LogP contribution in [-0.4, -0.2) is 52.7 Å². The standard InChI is InChI=1S/C18H24ClN5O2/c1-3-12-16(19)23-17(21-12)18(25)22-13-8-10-24(11-14(13)26-4-2)15-7-5-6-9-20-15/h5-7,9,13-14H,3-4,8,10-11H2,1-2H3,(H,21,23)(H,22,25). The molecule has 1 aliphatic rings. The zero-order valence-electron chi connectivity index (χ0n) is 15.0. The molecule has 0 bridgehead atoms. The Morgan fingerprint density at radius 1 is 1.46 bits per heavy atom. The summed E-state index contributed by atoms with van der Waals surface area (Å²) in [6.45, 7) is 5.97. The minimum atomic E-state index is -0.257. The molecule has 0 aromatic carbocycles. The van der Waals surface area contributed by atoms with E-state index < -0.39 is 0 Å². The van der Waals surface area contributed by atoms with Gasteiger partial charge in [0.1, 0.15) is 5.82 Å². The Morgan fingerprint density at radius 3 is 2.96 bits per heavy atom. The van der Waals surface area contributed by atoms with E-state index in [0.717, 1.165) is 24.5 Å². The van der Waals surface area contributed by atoms with Crippen molar-refractivity contribution in [2.75, 3.05) is 24.6 Å². The van der Waals surface area contributed by atoms with Gasteiger partial charge in [0.05, 0.1) is 17.8 Å². The van der Waals surface area contributed by atoms with E-state index in [9.17, 15) is 4.79 Å². The van der Waals surface area contributed by atoms with Crippen molar-refractivity contribution < 1.29 is 9.53 Å². The number of rotatable bonds is 6. The molecule has 2 aromatic heterocycles. The molecule has 1 aliphatic heterocycles. The number of nitrogens with one attached hydrogen (secondary N) is 2. The number of halogens is 1. The number of imidazole rings is 1. The number of aryl methyl sites for hydroxylation is 1. The number of nitrogens with zero attached hydrogens (tertiary/aromatic N) is 3. The second-order valence-corrected chi connectivity index (χ2v) is 6.56. The maximum Gasteiger partial charge on any atom is 0.287 e. The summed E-state index contributed by atoms with van der Waals surface area (Å²) in [5.74, 6) is 0.911. The first-order valence-corrected chi connectivity index (χ1v) is 9.33. The van der Waals surface area contributed by atoms with Crippen molar-refractivity contribution in [1.29, 1.82) is 0 Å².